The van der Waals surface area contributed by atoms with E-state index >= 15 is 0 Å². The van der Waals surface area contributed by atoms with Gasteiger partial charge in [0.25, 0.3) is 0 Å². The topological polar surface area (TPSA) is 95.6 Å². The molecule has 102 valence electrons. The molecular formula is C14H10N6O. The molecule has 0 saturated carbocycles. The molecule has 21 heavy (non-hydrogen) atoms. The van der Waals surface area contributed by atoms with Crippen molar-refractivity contribution in [3.63, 3.8) is 0 Å². The number of nitrogens with zero attached hydrogens (tertiary/aromatic N) is 5. The molecule has 7 nitrogen and oxygen atoms in total. The minimum Gasteiger partial charge on any atom is -0.379 e. The first kappa shape index (κ1) is 11.6. The number of hydrogen-bond acceptors (Lipinski definition) is 6. The van der Waals surface area contributed by atoms with Gasteiger partial charge in [0, 0.05) is 6.20 Å². The Kier molecular flexibility index (Phi) is 2.43. The van der Waals surface area contributed by atoms with Crippen molar-refractivity contribution >= 4 is 16.9 Å². The van der Waals surface area contributed by atoms with Crippen molar-refractivity contribution in [2.24, 2.45) is 0 Å². The lowest BCUT2D eigenvalue weighted by molar-refractivity contribution is 0.310. The Balaban J connectivity index is 2.09. The van der Waals surface area contributed by atoms with Crippen molar-refractivity contribution in [1.29, 1.82) is 0 Å². The molecule has 0 unspecified atom stereocenters. The van der Waals surface area contributed by atoms with Gasteiger partial charge in [-0.2, -0.15) is 0 Å². The van der Waals surface area contributed by atoms with Crippen LogP contribution in [0.15, 0.2) is 53.4 Å². The highest BCUT2D eigenvalue weighted by atomic mass is 16.6. The summed E-state index contributed by atoms with van der Waals surface area (Å²) in [5, 5.41) is 7.47. The van der Waals surface area contributed by atoms with Gasteiger partial charge in [0.1, 0.15) is 0 Å². The molecule has 7 heteroatoms. The number of nitrogens with two attached hydrogens (primary N) is 1. The van der Waals surface area contributed by atoms with Crippen LogP contribution >= 0.6 is 0 Å². The Hall–Kier alpha value is -3.22. The molecule has 0 aliphatic carbocycles. The highest BCUT2D eigenvalue weighted by Gasteiger charge is 2.19. The first-order valence-electron chi connectivity index (χ1n) is 6.31. The summed E-state index contributed by atoms with van der Waals surface area (Å²) in [6, 6.07) is 11.6. The Morgan fingerprint density at radius 1 is 1.05 bits per heavy atom. The Morgan fingerprint density at radius 2 is 1.95 bits per heavy atom. The zero-order valence-corrected chi connectivity index (χ0v) is 10.8. The molecule has 0 bridgehead atoms. The van der Waals surface area contributed by atoms with Gasteiger partial charge in [-0.3, -0.25) is 9.55 Å². The first-order chi connectivity index (χ1) is 10.3. The van der Waals surface area contributed by atoms with E-state index in [4.69, 9.17) is 10.4 Å². The lowest BCUT2D eigenvalue weighted by Gasteiger charge is -2.06. The third-order valence-corrected chi connectivity index (χ3v) is 3.19. The van der Waals surface area contributed by atoms with Crippen molar-refractivity contribution in [2.75, 3.05) is 5.73 Å². The fourth-order valence-corrected chi connectivity index (χ4v) is 2.28. The third kappa shape index (κ3) is 1.75. The highest BCUT2D eigenvalue weighted by molar-refractivity contribution is 5.83. The second-order valence-corrected chi connectivity index (χ2v) is 4.47. The van der Waals surface area contributed by atoms with Crippen molar-refractivity contribution < 1.29 is 4.63 Å². The molecule has 0 aliphatic rings. The molecular weight excluding hydrogens is 268 g/mol. The van der Waals surface area contributed by atoms with Crippen molar-refractivity contribution in [2.45, 2.75) is 0 Å². The van der Waals surface area contributed by atoms with Crippen molar-refractivity contribution in [1.82, 2.24) is 24.8 Å². The van der Waals surface area contributed by atoms with E-state index in [-0.39, 0.29) is 5.82 Å². The van der Waals surface area contributed by atoms with E-state index in [2.05, 4.69) is 20.3 Å². The normalized spacial score (nSPS) is 11.0. The van der Waals surface area contributed by atoms with E-state index in [1.165, 1.54) is 0 Å². The van der Waals surface area contributed by atoms with Gasteiger partial charge >= 0.3 is 0 Å². The number of fused-ring (bicyclic) bond motifs is 1. The van der Waals surface area contributed by atoms with E-state index in [0.717, 1.165) is 16.7 Å². The Bertz CT molecular complexity index is 912. The summed E-state index contributed by atoms with van der Waals surface area (Å²) in [6.45, 7) is 0. The molecule has 0 amide bonds. The molecule has 2 N–H and O–H groups in total. The summed E-state index contributed by atoms with van der Waals surface area (Å²) < 4.78 is 6.62. The lowest BCUT2D eigenvalue weighted by Crippen LogP contribution is -2.00. The summed E-state index contributed by atoms with van der Waals surface area (Å²) in [6.07, 6.45) is 3.47. The summed E-state index contributed by atoms with van der Waals surface area (Å²) in [5.74, 6) is 0.776. The molecule has 4 aromatic rings. The number of hydrogen-bond donors (Lipinski definition) is 1. The number of benzene rings is 1. The monoisotopic (exact) mass is 278 g/mol. The summed E-state index contributed by atoms with van der Waals surface area (Å²) >= 11 is 0. The summed E-state index contributed by atoms with van der Waals surface area (Å²) in [5.41, 5.74) is 8.85. The second-order valence-electron chi connectivity index (χ2n) is 4.47. The quantitative estimate of drug-likeness (QED) is 0.603. The molecule has 0 atom stereocenters. The maximum Gasteiger partial charge on any atom is 0.199 e. The van der Waals surface area contributed by atoms with Crippen LogP contribution in [0.5, 0.6) is 0 Å². The largest absolute Gasteiger partial charge is 0.379 e. The van der Waals surface area contributed by atoms with Crippen LogP contribution in [-0.4, -0.2) is 24.8 Å². The molecule has 3 heterocycles. The molecule has 3 aromatic heterocycles. The zero-order chi connectivity index (χ0) is 14.2. The average molecular weight is 278 g/mol. The maximum atomic E-state index is 5.81. The molecule has 0 fully saturated rings. The van der Waals surface area contributed by atoms with Gasteiger partial charge in [-0.15, -0.1) is 0 Å². The highest BCUT2D eigenvalue weighted by Crippen LogP contribution is 2.29. The third-order valence-electron chi connectivity index (χ3n) is 3.19. The van der Waals surface area contributed by atoms with Crippen LogP contribution < -0.4 is 5.73 Å². The predicted octanol–water partition coefficient (Wildman–Crippen LogP) is 2.05. The number of aromatic nitrogens is 5. The fourth-order valence-electron chi connectivity index (χ4n) is 2.28. The Morgan fingerprint density at radius 3 is 2.71 bits per heavy atom. The summed E-state index contributed by atoms with van der Waals surface area (Å²) in [4.78, 5) is 8.74. The van der Waals surface area contributed by atoms with Gasteiger partial charge in [-0.05, 0) is 34.6 Å². The molecule has 4 rings (SSSR count). The molecule has 0 aliphatic heterocycles. The van der Waals surface area contributed by atoms with Crippen molar-refractivity contribution in [3.05, 3.63) is 48.8 Å². The van der Waals surface area contributed by atoms with Crippen LogP contribution in [0.1, 0.15) is 0 Å². The predicted molar refractivity (Wildman–Crippen MR) is 76.6 cm³/mol. The molecule has 0 spiro atoms. The van der Waals surface area contributed by atoms with E-state index in [1.54, 1.807) is 12.4 Å². The van der Waals surface area contributed by atoms with Gasteiger partial charge in [-0.1, -0.05) is 12.1 Å². The number of nitrogen functional groups attached to an aromatic ring is 1. The number of pyridine rings is 1. The minimum absolute atomic E-state index is 0.204. The van der Waals surface area contributed by atoms with Crippen LogP contribution in [0, 0.1) is 0 Å². The van der Waals surface area contributed by atoms with E-state index in [9.17, 15) is 0 Å². The van der Waals surface area contributed by atoms with E-state index in [1.807, 2.05) is 41.0 Å². The first-order valence-corrected chi connectivity index (χ1v) is 6.31. The number of imidazole rings is 1. The fraction of sp³-hybridized carbons (Fsp3) is 0. The minimum atomic E-state index is 0.204. The smallest absolute Gasteiger partial charge is 0.199 e. The number of anilines is 1. The van der Waals surface area contributed by atoms with Gasteiger partial charge in [0.15, 0.2) is 17.3 Å². The van der Waals surface area contributed by atoms with Crippen LogP contribution in [-0.2, 0) is 0 Å². The van der Waals surface area contributed by atoms with Crippen LogP contribution in [0.4, 0.5) is 5.82 Å². The van der Waals surface area contributed by atoms with Gasteiger partial charge in [0.2, 0.25) is 0 Å². The standard InChI is InChI=1S/C14H10N6O/c15-13-12(18-21-19-13)14-17-10-5-1-2-6-11(10)20(14)9-4-3-7-16-8-9/h1-8H,(H2,15,19). The van der Waals surface area contributed by atoms with Crippen LogP contribution in [0.25, 0.3) is 28.2 Å². The number of para-hydroxylation sites is 2. The molecule has 0 radical (unpaired) electrons. The lowest BCUT2D eigenvalue weighted by atomic mass is 10.3. The maximum absolute atomic E-state index is 5.81. The zero-order valence-electron chi connectivity index (χ0n) is 10.8. The van der Waals surface area contributed by atoms with Crippen LogP contribution in [0.2, 0.25) is 0 Å². The second kappa shape index (κ2) is 4.41. The van der Waals surface area contributed by atoms with E-state index in [0.29, 0.717) is 11.5 Å². The Labute approximate surface area is 119 Å². The summed E-state index contributed by atoms with van der Waals surface area (Å²) in [7, 11) is 0. The average Bonchev–Trinajstić information content (AvgIpc) is 3.11. The molecule has 1 aromatic carbocycles. The van der Waals surface area contributed by atoms with Crippen LogP contribution in [0.3, 0.4) is 0 Å². The van der Waals surface area contributed by atoms with E-state index < -0.39 is 0 Å². The number of rotatable bonds is 2. The molecule has 0 saturated heterocycles. The van der Waals surface area contributed by atoms with Crippen molar-refractivity contribution in [3.8, 4) is 17.2 Å². The van der Waals surface area contributed by atoms with Gasteiger partial charge in [0.05, 0.1) is 22.9 Å². The van der Waals surface area contributed by atoms with Gasteiger partial charge in [-0.25, -0.2) is 9.61 Å². The van der Waals surface area contributed by atoms with Gasteiger partial charge < -0.3 is 5.73 Å². The SMILES string of the molecule is Nc1nonc1-c1nc2ccccc2n1-c1cccnc1.